The number of nitrogens with zero attached hydrogens (tertiary/aromatic N) is 5. The Morgan fingerprint density at radius 3 is 2.74 bits per heavy atom. The third-order valence-corrected chi connectivity index (χ3v) is 7.14. The average Bonchev–Trinajstić information content (AvgIpc) is 3.55. The number of tetrazole rings is 1. The predicted octanol–water partition coefficient (Wildman–Crippen LogP) is 3.52. The Morgan fingerprint density at radius 2 is 2.00 bits per heavy atom. The van der Waals surface area contributed by atoms with Crippen molar-refractivity contribution in [2.24, 2.45) is 0 Å². The Hall–Kier alpha value is -2.29. The summed E-state index contributed by atoms with van der Waals surface area (Å²) < 4.78 is 12.6. The minimum Gasteiger partial charge on any atom is -0.493 e. The zero-order valence-corrected chi connectivity index (χ0v) is 19.3. The molecule has 1 amide bonds. The Kier molecular flexibility index (Phi) is 6.99. The van der Waals surface area contributed by atoms with E-state index in [0.717, 1.165) is 61.7 Å². The van der Waals surface area contributed by atoms with Gasteiger partial charge in [-0.05, 0) is 80.0 Å². The molecule has 8 nitrogen and oxygen atoms in total. The van der Waals surface area contributed by atoms with Gasteiger partial charge < -0.3 is 14.4 Å². The van der Waals surface area contributed by atoms with Crippen LogP contribution in [0.2, 0.25) is 0 Å². The van der Waals surface area contributed by atoms with Crippen LogP contribution in [0.15, 0.2) is 23.4 Å². The number of carbonyl (C=O) groups is 1. The summed E-state index contributed by atoms with van der Waals surface area (Å²) in [6.45, 7) is 2.80. The summed E-state index contributed by atoms with van der Waals surface area (Å²) in [5.41, 5.74) is 1.20. The molecule has 0 spiro atoms. The number of likely N-dealkylation sites (tertiary alicyclic amines) is 1. The Labute approximate surface area is 187 Å². The highest BCUT2D eigenvalue weighted by molar-refractivity contribution is 8.00. The molecule has 1 saturated carbocycles. The van der Waals surface area contributed by atoms with Crippen LogP contribution in [0.1, 0.15) is 57.1 Å². The maximum absolute atomic E-state index is 13.3. The molecule has 0 radical (unpaired) electrons. The first-order valence-corrected chi connectivity index (χ1v) is 11.9. The number of aryl methyl sites for hydroxylation is 1. The van der Waals surface area contributed by atoms with Crippen molar-refractivity contribution in [2.75, 3.05) is 20.8 Å². The molecule has 168 valence electrons. The first-order chi connectivity index (χ1) is 15.1. The highest BCUT2D eigenvalue weighted by Crippen LogP contribution is 2.37. The first kappa shape index (κ1) is 21.9. The second-order valence-electron chi connectivity index (χ2n) is 8.31. The summed E-state index contributed by atoms with van der Waals surface area (Å²) in [5, 5.41) is 12.6. The van der Waals surface area contributed by atoms with Crippen molar-refractivity contribution in [1.82, 2.24) is 25.1 Å². The highest BCUT2D eigenvalue weighted by Gasteiger charge is 2.33. The lowest BCUT2D eigenvalue weighted by molar-refractivity contribution is -0.134. The monoisotopic (exact) mass is 445 g/mol. The molecule has 2 fully saturated rings. The van der Waals surface area contributed by atoms with Crippen LogP contribution in [0.3, 0.4) is 0 Å². The molecule has 1 saturated heterocycles. The van der Waals surface area contributed by atoms with Crippen molar-refractivity contribution >= 4 is 17.7 Å². The molecule has 2 aliphatic rings. The van der Waals surface area contributed by atoms with Crippen LogP contribution in [0.4, 0.5) is 0 Å². The maximum atomic E-state index is 13.3. The fourth-order valence-electron chi connectivity index (χ4n) is 4.21. The number of carbonyl (C=O) groups excluding carboxylic acids is 1. The van der Waals surface area contributed by atoms with E-state index in [4.69, 9.17) is 9.47 Å². The molecule has 1 aliphatic carbocycles. The molecular formula is C22H31N5O3S. The van der Waals surface area contributed by atoms with Crippen LogP contribution in [0.5, 0.6) is 11.5 Å². The van der Waals surface area contributed by atoms with E-state index >= 15 is 0 Å². The minimum atomic E-state index is -0.204. The molecule has 0 bridgehead atoms. The minimum absolute atomic E-state index is 0.187. The average molecular weight is 446 g/mol. The molecule has 0 N–H and O–H groups in total. The largest absolute Gasteiger partial charge is 0.493 e. The number of aromatic nitrogens is 4. The number of thioether (sulfide) groups is 1. The zero-order chi connectivity index (χ0) is 21.8. The van der Waals surface area contributed by atoms with Gasteiger partial charge in [0.1, 0.15) is 0 Å². The molecular weight excluding hydrogens is 414 g/mol. The Bertz CT molecular complexity index is 901. The van der Waals surface area contributed by atoms with E-state index in [1.165, 1.54) is 23.7 Å². The van der Waals surface area contributed by atoms with Gasteiger partial charge in [-0.3, -0.25) is 4.79 Å². The van der Waals surface area contributed by atoms with Gasteiger partial charge in [-0.15, -0.1) is 5.10 Å². The van der Waals surface area contributed by atoms with Crippen LogP contribution in [-0.4, -0.2) is 63.1 Å². The molecule has 9 heteroatoms. The van der Waals surface area contributed by atoms with E-state index in [0.29, 0.717) is 6.04 Å². The van der Waals surface area contributed by atoms with Gasteiger partial charge in [0, 0.05) is 12.6 Å². The number of ether oxygens (including phenoxy) is 2. The van der Waals surface area contributed by atoms with Gasteiger partial charge in [-0.25, -0.2) is 4.68 Å². The fourth-order valence-corrected chi connectivity index (χ4v) is 5.14. The van der Waals surface area contributed by atoms with Gasteiger partial charge in [0.25, 0.3) is 0 Å². The SMILES string of the molecule is COc1ccc(CCC2CCCCN2C(=O)C(C)Sc2nnnn2C2CC2)cc1OC. The highest BCUT2D eigenvalue weighted by atomic mass is 32.2. The lowest BCUT2D eigenvalue weighted by Gasteiger charge is -2.37. The van der Waals surface area contributed by atoms with Crippen molar-refractivity contribution in [2.45, 2.75) is 74.4 Å². The predicted molar refractivity (Wildman–Crippen MR) is 119 cm³/mol. The van der Waals surface area contributed by atoms with Crippen molar-refractivity contribution in [3.63, 3.8) is 0 Å². The van der Waals surface area contributed by atoms with Crippen molar-refractivity contribution in [1.29, 1.82) is 0 Å². The molecule has 2 atom stereocenters. The summed E-state index contributed by atoms with van der Waals surface area (Å²) in [5.74, 6) is 1.67. The molecule has 4 rings (SSSR count). The van der Waals surface area contributed by atoms with E-state index in [9.17, 15) is 4.79 Å². The number of hydrogen-bond donors (Lipinski definition) is 0. The second-order valence-corrected chi connectivity index (χ2v) is 9.61. The zero-order valence-electron chi connectivity index (χ0n) is 18.5. The molecule has 2 aromatic rings. The number of benzene rings is 1. The topological polar surface area (TPSA) is 82.4 Å². The number of methoxy groups -OCH3 is 2. The summed E-state index contributed by atoms with van der Waals surface area (Å²) >= 11 is 1.48. The fraction of sp³-hybridized carbons (Fsp3) is 0.636. The van der Waals surface area contributed by atoms with Crippen molar-refractivity contribution in [3.05, 3.63) is 23.8 Å². The van der Waals surface area contributed by atoms with Gasteiger partial charge >= 0.3 is 0 Å². The molecule has 1 aromatic heterocycles. The summed E-state index contributed by atoms with van der Waals surface area (Å²) in [6, 6.07) is 6.72. The van der Waals surface area contributed by atoms with Crippen LogP contribution in [-0.2, 0) is 11.2 Å². The van der Waals surface area contributed by atoms with Gasteiger partial charge in [0.05, 0.1) is 25.5 Å². The van der Waals surface area contributed by atoms with Gasteiger partial charge in [-0.2, -0.15) is 0 Å². The van der Waals surface area contributed by atoms with Gasteiger partial charge in [0.2, 0.25) is 11.1 Å². The van der Waals surface area contributed by atoms with Gasteiger partial charge in [0.15, 0.2) is 11.5 Å². The van der Waals surface area contributed by atoms with Crippen LogP contribution in [0, 0.1) is 0 Å². The van der Waals surface area contributed by atoms with E-state index in [1.54, 1.807) is 14.2 Å². The first-order valence-electron chi connectivity index (χ1n) is 11.1. The molecule has 1 aromatic carbocycles. The summed E-state index contributed by atoms with van der Waals surface area (Å²) in [6.07, 6.45) is 7.36. The van der Waals surface area contributed by atoms with Crippen LogP contribution >= 0.6 is 11.8 Å². The summed E-state index contributed by atoms with van der Waals surface area (Å²) in [7, 11) is 3.30. The number of rotatable bonds is 9. The van der Waals surface area contributed by atoms with Crippen LogP contribution < -0.4 is 9.47 Å². The van der Waals surface area contributed by atoms with Crippen molar-refractivity contribution in [3.8, 4) is 11.5 Å². The van der Waals surface area contributed by atoms with E-state index in [1.807, 2.05) is 23.7 Å². The Morgan fingerprint density at radius 1 is 1.19 bits per heavy atom. The molecule has 2 heterocycles. The standard InChI is InChI=1S/C22H31N5O3S/c1-15(31-22-23-24-25-27(22)18-10-11-18)21(28)26-13-5-4-6-17(26)9-7-16-8-12-19(29-2)20(14-16)30-3/h8,12,14-15,17-18H,4-7,9-11,13H2,1-3H3. The normalized spacial score (nSPS) is 19.8. The number of hydrogen-bond acceptors (Lipinski definition) is 7. The maximum Gasteiger partial charge on any atom is 0.236 e. The lowest BCUT2D eigenvalue weighted by Crippen LogP contribution is -2.47. The van der Waals surface area contributed by atoms with E-state index < -0.39 is 0 Å². The summed E-state index contributed by atoms with van der Waals surface area (Å²) in [4.78, 5) is 15.4. The second kappa shape index (κ2) is 9.89. The van der Waals surface area contributed by atoms with Gasteiger partial charge in [-0.1, -0.05) is 17.8 Å². The smallest absolute Gasteiger partial charge is 0.236 e. The third-order valence-electron chi connectivity index (χ3n) is 6.11. The Balaban J connectivity index is 1.38. The van der Waals surface area contributed by atoms with Crippen LogP contribution in [0.25, 0.3) is 0 Å². The molecule has 31 heavy (non-hydrogen) atoms. The quantitative estimate of drug-likeness (QED) is 0.546. The van der Waals surface area contributed by atoms with Crippen molar-refractivity contribution < 1.29 is 14.3 Å². The number of piperidine rings is 1. The third kappa shape index (κ3) is 5.14. The van der Waals surface area contributed by atoms with E-state index in [-0.39, 0.29) is 17.2 Å². The van der Waals surface area contributed by atoms with E-state index in [2.05, 4.69) is 26.5 Å². The molecule has 2 unspecified atom stereocenters. The lowest BCUT2D eigenvalue weighted by atomic mass is 9.95. The number of amides is 1. The molecule has 1 aliphatic heterocycles.